The van der Waals surface area contributed by atoms with Gasteiger partial charge in [-0.3, -0.25) is 0 Å². The van der Waals surface area contributed by atoms with E-state index in [1.807, 2.05) is 36.4 Å². The minimum Gasteiger partial charge on any atom is -0.496 e. The highest BCUT2D eigenvalue weighted by molar-refractivity contribution is 5.56. The minimum absolute atomic E-state index is 0.733. The number of allylic oxidation sites excluding steroid dienone is 1. The van der Waals surface area contributed by atoms with Crippen LogP contribution in [0.25, 0.3) is 6.08 Å². The van der Waals surface area contributed by atoms with E-state index in [9.17, 15) is 0 Å². The van der Waals surface area contributed by atoms with Crippen molar-refractivity contribution in [3.8, 4) is 17.2 Å². The van der Waals surface area contributed by atoms with Crippen LogP contribution in [0.1, 0.15) is 11.1 Å². The first-order chi connectivity index (χ1) is 10.3. The summed E-state index contributed by atoms with van der Waals surface area (Å²) in [6.45, 7) is 0. The summed E-state index contributed by atoms with van der Waals surface area (Å²) in [5, 5.41) is 0. The van der Waals surface area contributed by atoms with Crippen LogP contribution < -0.4 is 14.2 Å². The van der Waals surface area contributed by atoms with Gasteiger partial charge in [-0.2, -0.15) is 0 Å². The largest absolute Gasteiger partial charge is 0.496 e. The number of methoxy groups -OCH3 is 3. The predicted octanol–water partition coefficient (Wildman–Crippen LogP) is 3.97. The highest BCUT2D eigenvalue weighted by atomic mass is 16.5. The molecule has 0 heterocycles. The summed E-state index contributed by atoms with van der Waals surface area (Å²) < 4.78 is 15.9. The SMILES string of the molecule is COc1ccccc1C/C=C/c1ccc(OC)c(OC)c1. The highest BCUT2D eigenvalue weighted by Crippen LogP contribution is 2.28. The minimum atomic E-state index is 0.733. The fraction of sp³-hybridized carbons (Fsp3) is 0.222. The third-order valence-corrected chi connectivity index (χ3v) is 3.25. The molecule has 0 atom stereocenters. The lowest BCUT2D eigenvalue weighted by molar-refractivity contribution is 0.355. The second-order valence-electron chi connectivity index (χ2n) is 4.53. The number of rotatable bonds is 6. The predicted molar refractivity (Wildman–Crippen MR) is 85.3 cm³/mol. The Morgan fingerprint density at radius 1 is 0.810 bits per heavy atom. The molecule has 0 aliphatic rings. The van der Waals surface area contributed by atoms with Crippen LogP contribution in [-0.4, -0.2) is 21.3 Å². The van der Waals surface area contributed by atoms with Gasteiger partial charge in [0.1, 0.15) is 5.75 Å². The summed E-state index contributed by atoms with van der Waals surface area (Å²) in [6, 6.07) is 13.9. The second kappa shape index (κ2) is 7.39. The first-order valence-corrected chi connectivity index (χ1v) is 6.79. The monoisotopic (exact) mass is 284 g/mol. The van der Waals surface area contributed by atoms with Crippen LogP contribution in [0.4, 0.5) is 0 Å². The lowest BCUT2D eigenvalue weighted by Crippen LogP contribution is -1.91. The number of ether oxygens (including phenoxy) is 3. The van der Waals surface area contributed by atoms with Gasteiger partial charge in [0, 0.05) is 0 Å². The zero-order valence-electron chi connectivity index (χ0n) is 12.6. The van der Waals surface area contributed by atoms with Crippen molar-refractivity contribution in [3.63, 3.8) is 0 Å². The van der Waals surface area contributed by atoms with Gasteiger partial charge >= 0.3 is 0 Å². The Balaban J connectivity index is 2.11. The standard InChI is InChI=1S/C18H20O3/c1-19-16-10-5-4-8-15(16)9-6-7-14-11-12-17(20-2)18(13-14)21-3/h4-8,10-13H,9H2,1-3H3/b7-6+. The van der Waals surface area contributed by atoms with E-state index >= 15 is 0 Å². The first-order valence-electron chi connectivity index (χ1n) is 6.79. The van der Waals surface area contributed by atoms with Crippen molar-refractivity contribution >= 4 is 6.08 Å². The molecule has 2 aromatic rings. The molecule has 0 unspecified atom stereocenters. The molecular weight excluding hydrogens is 264 g/mol. The first kappa shape index (κ1) is 15.0. The molecule has 2 aromatic carbocycles. The summed E-state index contributed by atoms with van der Waals surface area (Å²) in [5.41, 5.74) is 2.24. The zero-order valence-corrected chi connectivity index (χ0v) is 12.6. The normalized spacial score (nSPS) is 10.6. The van der Waals surface area contributed by atoms with E-state index in [4.69, 9.17) is 14.2 Å². The molecule has 0 fully saturated rings. The molecular formula is C18H20O3. The van der Waals surface area contributed by atoms with Crippen LogP contribution in [0.5, 0.6) is 17.2 Å². The molecule has 0 saturated carbocycles. The summed E-state index contributed by atoms with van der Waals surface area (Å²) in [4.78, 5) is 0. The van der Waals surface area contributed by atoms with Crippen molar-refractivity contribution in [2.24, 2.45) is 0 Å². The molecule has 0 bridgehead atoms. The van der Waals surface area contributed by atoms with Crippen LogP contribution >= 0.6 is 0 Å². The molecule has 110 valence electrons. The average molecular weight is 284 g/mol. The van der Waals surface area contributed by atoms with Crippen molar-refractivity contribution in [2.45, 2.75) is 6.42 Å². The van der Waals surface area contributed by atoms with Crippen molar-refractivity contribution < 1.29 is 14.2 Å². The average Bonchev–Trinajstić information content (AvgIpc) is 2.55. The molecule has 0 amide bonds. The molecule has 2 rings (SSSR count). The smallest absolute Gasteiger partial charge is 0.161 e. The molecule has 21 heavy (non-hydrogen) atoms. The number of hydrogen-bond donors (Lipinski definition) is 0. The van der Waals surface area contributed by atoms with Crippen molar-refractivity contribution in [3.05, 3.63) is 59.7 Å². The van der Waals surface area contributed by atoms with Gasteiger partial charge in [-0.1, -0.05) is 36.4 Å². The summed E-state index contributed by atoms with van der Waals surface area (Å²) in [6.07, 6.45) is 4.99. The fourth-order valence-corrected chi connectivity index (χ4v) is 2.15. The fourth-order valence-electron chi connectivity index (χ4n) is 2.15. The van der Waals surface area contributed by atoms with E-state index in [0.29, 0.717) is 0 Å². The third kappa shape index (κ3) is 3.78. The van der Waals surface area contributed by atoms with Crippen LogP contribution in [0.15, 0.2) is 48.5 Å². The molecule has 0 aromatic heterocycles. The second-order valence-corrected chi connectivity index (χ2v) is 4.53. The number of hydrogen-bond acceptors (Lipinski definition) is 3. The van der Waals surface area contributed by atoms with Gasteiger partial charge in [0.25, 0.3) is 0 Å². The topological polar surface area (TPSA) is 27.7 Å². The van der Waals surface area contributed by atoms with E-state index in [1.54, 1.807) is 21.3 Å². The van der Waals surface area contributed by atoms with Crippen LogP contribution in [-0.2, 0) is 6.42 Å². The van der Waals surface area contributed by atoms with Crippen LogP contribution in [0.2, 0.25) is 0 Å². The molecule has 0 N–H and O–H groups in total. The molecule has 3 nitrogen and oxygen atoms in total. The van der Waals surface area contributed by atoms with Gasteiger partial charge in [0.05, 0.1) is 21.3 Å². The van der Waals surface area contributed by atoms with Gasteiger partial charge in [-0.25, -0.2) is 0 Å². The molecule has 0 aliphatic heterocycles. The molecule has 0 saturated heterocycles. The van der Waals surface area contributed by atoms with E-state index < -0.39 is 0 Å². The lowest BCUT2D eigenvalue weighted by atomic mass is 10.1. The van der Waals surface area contributed by atoms with E-state index in [-0.39, 0.29) is 0 Å². The quantitative estimate of drug-likeness (QED) is 0.803. The van der Waals surface area contributed by atoms with Crippen molar-refractivity contribution in [1.29, 1.82) is 0 Å². The van der Waals surface area contributed by atoms with E-state index in [2.05, 4.69) is 18.2 Å². The Bertz CT molecular complexity index is 618. The van der Waals surface area contributed by atoms with Crippen molar-refractivity contribution in [1.82, 2.24) is 0 Å². The third-order valence-electron chi connectivity index (χ3n) is 3.25. The summed E-state index contributed by atoms with van der Waals surface area (Å²) in [5.74, 6) is 2.38. The van der Waals surface area contributed by atoms with Gasteiger partial charge in [0.2, 0.25) is 0 Å². The maximum atomic E-state index is 5.34. The maximum Gasteiger partial charge on any atom is 0.161 e. The Kier molecular flexibility index (Phi) is 5.27. The van der Waals surface area contributed by atoms with Gasteiger partial charge in [0.15, 0.2) is 11.5 Å². The lowest BCUT2D eigenvalue weighted by Gasteiger charge is -2.08. The Morgan fingerprint density at radius 3 is 2.24 bits per heavy atom. The van der Waals surface area contributed by atoms with E-state index in [0.717, 1.165) is 34.8 Å². The number of benzene rings is 2. The molecule has 0 radical (unpaired) electrons. The van der Waals surface area contributed by atoms with Crippen LogP contribution in [0, 0.1) is 0 Å². The van der Waals surface area contributed by atoms with Gasteiger partial charge in [-0.05, 0) is 35.7 Å². The Hall–Kier alpha value is -2.42. The molecule has 0 aliphatic carbocycles. The van der Waals surface area contributed by atoms with Gasteiger partial charge in [-0.15, -0.1) is 0 Å². The van der Waals surface area contributed by atoms with Crippen LogP contribution in [0.3, 0.4) is 0 Å². The molecule has 0 spiro atoms. The van der Waals surface area contributed by atoms with Gasteiger partial charge < -0.3 is 14.2 Å². The zero-order chi connectivity index (χ0) is 15.1. The highest BCUT2D eigenvalue weighted by Gasteiger charge is 2.03. The Morgan fingerprint density at radius 2 is 1.52 bits per heavy atom. The summed E-state index contributed by atoms with van der Waals surface area (Å²) in [7, 11) is 4.96. The number of para-hydroxylation sites is 1. The Labute approximate surface area is 125 Å². The van der Waals surface area contributed by atoms with Crippen molar-refractivity contribution in [2.75, 3.05) is 21.3 Å². The molecule has 3 heteroatoms. The summed E-state index contributed by atoms with van der Waals surface area (Å²) >= 11 is 0. The maximum absolute atomic E-state index is 5.34. The van der Waals surface area contributed by atoms with E-state index in [1.165, 1.54) is 0 Å².